The Hall–Kier alpha value is -0.450. The molecule has 0 radical (unpaired) electrons. The average molecular weight is 271 g/mol. The van der Waals surface area contributed by atoms with Crippen LogP contribution in [-0.4, -0.2) is 25.2 Å². The quantitative estimate of drug-likeness (QED) is 0.914. The fraction of sp³-hybridized carbons (Fsp3) is 0.545. The molecule has 0 aromatic carbocycles. The normalized spacial score (nSPS) is 22.9. The summed E-state index contributed by atoms with van der Waals surface area (Å²) in [5.41, 5.74) is 1.09. The number of halogens is 1. The average Bonchev–Trinajstić information content (AvgIpc) is 2.75. The summed E-state index contributed by atoms with van der Waals surface area (Å²) in [6, 6.07) is 4.40. The van der Waals surface area contributed by atoms with Crippen molar-refractivity contribution in [2.24, 2.45) is 5.92 Å². The minimum atomic E-state index is 0.306. The zero-order chi connectivity index (χ0) is 10.7. The zero-order valence-electron chi connectivity index (χ0n) is 8.74. The Bertz CT molecular complexity index is 309. The van der Waals surface area contributed by atoms with Gasteiger partial charge in [-0.1, -0.05) is 0 Å². The maximum atomic E-state index is 5.41. The molecule has 82 valence electrons. The second-order valence-electron chi connectivity index (χ2n) is 3.79. The van der Waals surface area contributed by atoms with Crippen molar-refractivity contribution in [3.63, 3.8) is 0 Å². The lowest BCUT2D eigenvalue weighted by atomic mass is 9.96. The number of aromatic nitrogens is 1. The lowest BCUT2D eigenvalue weighted by Crippen LogP contribution is -2.26. The topological polar surface area (TPSA) is 34.2 Å². The van der Waals surface area contributed by atoms with Gasteiger partial charge in [0.15, 0.2) is 0 Å². The maximum Gasteiger partial charge on any atom is 0.0577 e. The van der Waals surface area contributed by atoms with Gasteiger partial charge in [0.2, 0.25) is 0 Å². The summed E-state index contributed by atoms with van der Waals surface area (Å²) in [5.74, 6) is 0.545. The summed E-state index contributed by atoms with van der Waals surface area (Å²) in [4.78, 5) is 4.43. The molecule has 1 saturated heterocycles. The van der Waals surface area contributed by atoms with E-state index >= 15 is 0 Å². The fourth-order valence-corrected chi connectivity index (χ4v) is 2.25. The lowest BCUT2D eigenvalue weighted by Gasteiger charge is -2.21. The Morgan fingerprint density at radius 2 is 2.47 bits per heavy atom. The minimum absolute atomic E-state index is 0.306. The van der Waals surface area contributed by atoms with Crippen LogP contribution in [0.2, 0.25) is 0 Å². The molecule has 2 unspecified atom stereocenters. The molecule has 1 aromatic rings. The van der Waals surface area contributed by atoms with Crippen LogP contribution in [0.3, 0.4) is 0 Å². The SMILES string of the molecule is CNC(c1ccc(Br)cn1)C1CCOC1. The number of pyridine rings is 1. The van der Waals surface area contributed by atoms with E-state index in [1.54, 1.807) is 0 Å². The highest BCUT2D eigenvalue weighted by atomic mass is 79.9. The summed E-state index contributed by atoms with van der Waals surface area (Å²) in [6.45, 7) is 1.71. The Kier molecular flexibility index (Phi) is 3.72. The summed E-state index contributed by atoms with van der Waals surface area (Å²) >= 11 is 3.39. The van der Waals surface area contributed by atoms with Crippen molar-refractivity contribution in [2.75, 3.05) is 20.3 Å². The molecule has 4 heteroatoms. The van der Waals surface area contributed by atoms with Crippen LogP contribution in [0, 0.1) is 5.92 Å². The molecule has 1 N–H and O–H groups in total. The number of nitrogens with zero attached hydrogens (tertiary/aromatic N) is 1. The van der Waals surface area contributed by atoms with E-state index in [0.29, 0.717) is 12.0 Å². The van der Waals surface area contributed by atoms with E-state index in [0.717, 1.165) is 29.8 Å². The van der Waals surface area contributed by atoms with Crippen LogP contribution in [-0.2, 0) is 4.74 Å². The van der Waals surface area contributed by atoms with Crippen LogP contribution in [0.15, 0.2) is 22.8 Å². The Balaban J connectivity index is 2.14. The molecule has 1 fully saturated rings. The second-order valence-corrected chi connectivity index (χ2v) is 4.71. The van der Waals surface area contributed by atoms with Gasteiger partial charge >= 0.3 is 0 Å². The van der Waals surface area contributed by atoms with Gasteiger partial charge in [0.25, 0.3) is 0 Å². The van der Waals surface area contributed by atoms with Crippen molar-refractivity contribution in [1.82, 2.24) is 10.3 Å². The van der Waals surface area contributed by atoms with E-state index in [1.807, 2.05) is 19.3 Å². The lowest BCUT2D eigenvalue weighted by molar-refractivity contribution is 0.177. The summed E-state index contributed by atoms with van der Waals surface area (Å²) in [6.07, 6.45) is 2.96. The van der Waals surface area contributed by atoms with Gasteiger partial charge in [-0.2, -0.15) is 0 Å². The van der Waals surface area contributed by atoms with Gasteiger partial charge in [-0.15, -0.1) is 0 Å². The Morgan fingerprint density at radius 3 is 3.00 bits per heavy atom. The number of nitrogens with one attached hydrogen (secondary N) is 1. The Morgan fingerprint density at radius 1 is 1.60 bits per heavy atom. The van der Waals surface area contributed by atoms with Gasteiger partial charge in [0, 0.05) is 23.2 Å². The van der Waals surface area contributed by atoms with Gasteiger partial charge < -0.3 is 10.1 Å². The van der Waals surface area contributed by atoms with Crippen molar-refractivity contribution >= 4 is 15.9 Å². The molecule has 0 amide bonds. The monoisotopic (exact) mass is 270 g/mol. The molecule has 0 saturated carbocycles. The summed E-state index contributed by atoms with van der Waals surface area (Å²) < 4.78 is 6.43. The van der Waals surface area contributed by atoms with Gasteiger partial charge in [0.1, 0.15) is 0 Å². The molecule has 1 aromatic heterocycles. The summed E-state index contributed by atoms with van der Waals surface area (Å²) in [5, 5.41) is 3.32. The van der Waals surface area contributed by atoms with Crippen molar-refractivity contribution in [2.45, 2.75) is 12.5 Å². The van der Waals surface area contributed by atoms with E-state index in [4.69, 9.17) is 4.74 Å². The van der Waals surface area contributed by atoms with Crippen molar-refractivity contribution in [3.05, 3.63) is 28.5 Å². The van der Waals surface area contributed by atoms with E-state index in [9.17, 15) is 0 Å². The minimum Gasteiger partial charge on any atom is -0.381 e. The van der Waals surface area contributed by atoms with Crippen LogP contribution in [0.4, 0.5) is 0 Å². The van der Waals surface area contributed by atoms with Crippen LogP contribution < -0.4 is 5.32 Å². The fourth-order valence-electron chi connectivity index (χ4n) is 2.01. The predicted octanol–water partition coefficient (Wildman–Crippen LogP) is 2.14. The molecule has 2 atom stereocenters. The first-order valence-corrected chi connectivity index (χ1v) is 5.97. The third-order valence-corrected chi connectivity index (χ3v) is 3.29. The number of rotatable bonds is 3. The standard InChI is InChI=1S/C11H15BrN2O/c1-13-11(8-4-5-15-7-8)10-3-2-9(12)6-14-10/h2-3,6,8,11,13H,4-5,7H2,1H3. The maximum absolute atomic E-state index is 5.41. The van der Waals surface area contributed by atoms with Crippen LogP contribution in [0.1, 0.15) is 18.2 Å². The molecular formula is C11H15BrN2O. The van der Waals surface area contributed by atoms with Gasteiger partial charge in [0.05, 0.1) is 18.3 Å². The van der Waals surface area contributed by atoms with E-state index < -0.39 is 0 Å². The molecule has 0 aliphatic carbocycles. The highest BCUT2D eigenvalue weighted by Gasteiger charge is 2.26. The third kappa shape index (κ3) is 2.56. The molecular weight excluding hydrogens is 256 g/mol. The molecule has 2 rings (SSSR count). The van der Waals surface area contributed by atoms with E-state index in [-0.39, 0.29) is 0 Å². The second kappa shape index (κ2) is 5.05. The molecule has 3 nitrogen and oxygen atoms in total. The van der Waals surface area contributed by atoms with Crippen molar-refractivity contribution < 1.29 is 4.74 Å². The highest BCUT2D eigenvalue weighted by Crippen LogP contribution is 2.27. The smallest absolute Gasteiger partial charge is 0.0577 e. The van der Waals surface area contributed by atoms with Gasteiger partial charge in [-0.3, -0.25) is 4.98 Å². The predicted molar refractivity (Wildman–Crippen MR) is 62.7 cm³/mol. The molecule has 15 heavy (non-hydrogen) atoms. The van der Waals surface area contributed by atoms with Crippen molar-refractivity contribution in [3.8, 4) is 0 Å². The van der Waals surface area contributed by atoms with E-state index in [1.165, 1.54) is 0 Å². The summed E-state index contributed by atoms with van der Waals surface area (Å²) in [7, 11) is 1.98. The van der Waals surface area contributed by atoms with E-state index in [2.05, 4.69) is 32.3 Å². The molecule has 1 aliphatic rings. The van der Waals surface area contributed by atoms with Crippen LogP contribution >= 0.6 is 15.9 Å². The largest absolute Gasteiger partial charge is 0.381 e. The first kappa shape index (κ1) is 11.0. The van der Waals surface area contributed by atoms with Crippen molar-refractivity contribution in [1.29, 1.82) is 0 Å². The van der Waals surface area contributed by atoms with Crippen LogP contribution in [0.5, 0.6) is 0 Å². The number of ether oxygens (including phenoxy) is 1. The molecule has 0 spiro atoms. The zero-order valence-corrected chi connectivity index (χ0v) is 10.3. The number of hydrogen-bond acceptors (Lipinski definition) is 3. The molecule has 1 aliphatic heterocycles. The first-order chi connectivity index (χ1) is 7.31. The third-order valence-electron chi connectivity index (χ3n) is 2.82. The number of hydrogen-bond donors (Lipinski definition) is 1. The van der Waals surface area contributed by atoms with Gasteiger partial charge in [-0.25, -0.2) is 0 Å². The van der Waals surface area contributed by atoms with Crippen LogP contribution in [0.25, 0.3) is 0 Å². The first-order valence-electron chi connectivity index (χ1n) is 5.17. The highest BCUT2D eigenvalue weighted by molar-refractivity contribution is 9.10. The van der Waals surface area contributed by atoms with Gasteiger partial charge in [-0.05, 0) is 41.5 Å². The Labute approximate surface area is 98.4 Å². The molecule has 0 bridgehead atoms. The molecule has 2 heterocycles.